The van der Waals surface area contributed by atoms with Crippen LogP contribution in [-0.2, 0) is 46.2 Å². The molecule has 0 unspecified atom stereocenters. The Kier molecular flexibility index (Phi) is 15.6. The Morgan fingerprint density at radius 2 is 1.24 bits per heavy atom. The summed E-state index contributed by atoms with van der Waals surface area (Å²) in [6.45, 7) is 5.97. The van der Waals surface area contributed by atoms with Gasteiger partial charge in [0.15, 0.2) is 0 Å². The van der Waals surface area contributed by atoms with Crippen LogP contribution in [0, 0.1) is 6.92 Å². The van der Waals surface area contributed by atoms with Crippen LogP contribution in [0.15, 0.2) is 123 Å². The average Bonchev–Trinajstić information content (AvgIpc) is 3.33. The van der Waals surface area contributed by atoms with Crippen LogP contribution in [-0.4, -0.2) is 56.6 Å². The highest BCUT2D eigenvalue weighted by Gasteiger charge is 2.32. The van der Waals surface area contributed by atoms with Gasteiger partial charge in [-0.05, 0) is 95.8 Å². The van der Waals surface area contributed by atoms with Crippen LogP contribution in [0.1, 0.15) is 71.7 Å². The van der Waals surface area contributed by atoms with E-state index in [1.165, 1.54) is 33.0 Å². The SMILES string of the molecule is CC(C)c1ccccc1-c1cnc2c(c1Cc1ccc(Cl)cc1)c(=O)n(CCCO)c(=O)n2C.Cc1cccc(Oc2cnc3c(c2Cc2ccc(C(F)(F)F)nc2)c(=O)n(CCCO)c(=O)n3C)c1. The van der Waals surface area contributed by atoms with E-state index < -0.39 is 28.8 Å². The molecule has 0 aliphatic carbocycles. The monoisotopic (exact) mass is 977 g/mol. The Morgan fingerprint density at radius 3 is 1.80 bits per heavy atom. The van der Waals surface area contributed by atoms with Crippen molar-refractivity contribution in [1.29, 1.82) is 0 Å². The molecule has 0 radical (unpaired) electrons. The Bertz CT molecular complexity index is 3440. The van der Waals surface area contributed by atoms with Gasteiger partial charge in [-0.25, -0.2) is 19.6 Å². The van der Waals surface area contributed by atoms with Crippen LogP contribution in [0.25, 0.3) is 33.2 Å². The minimum Gasteiger partial charge on any atom is -0.455 e. The zero-order valence-electron chi connectivity index (χ0n) is 39.1. The van der Waals surface area contributed by atoms with Crippen LogP contribution in [0.4, 0.5) is 13.2 Å². The topological polar surface area (TPSA) is 176 Å². The van der Waals surface area contributed by atoms with E-state index in [1.54, 1.807) is 31.4 Å². The molecule has 8 aromatic rings. The van der Waals surface area contributed by atoms with Gasteiger partial charge < -0.3 is 14.9 Å². The molecule has 18 heteroatoms. The van der Waals surface area contributed by atoms with Crippen molar-refractivity contribution in [3.05, 3.63) is 189 Å². The molecule has 0 aliphatic heterocycles. The van der Waals surface area contributed by atoms with E-state index in [9.17, 15) is 42.6 Å². The summed E-state index contributed by atoms with van der Waals surface area (Å²) in [6, 6.07) is 25.0. The first kappa shape index (κ1) is 50.7. The van der Waals surface area contributed by atoms with Gasteiger partial charge in [0.05, 0.1) is 17.0 Å². The predicted molar refractivity (Wildman–Crippen MR) is 263 cm³/mol. The Labute approximate surface area is 404 Å². The van der Waals surface area contributed by atoms with Crippen molar-refractivity contribution in [2.75, 3.05) is 13.2 Å². The summed E-state index contributed by atoms with van der Waals surface area (Å²) in [7, 11) is 3.09. The maximum atomic E-state index is 13.7. The number of rotatable bonds is 14. The number of aliphatic hydroxyl groups is 2. The van der Waals surface area contributed by atoms with Gasteiger partial charge >= 0.3 is 17.6 Å². The summed E-state index contributed by atoms with van der Waals surface area (Å²) in [4.78, 5) is 65.3. The molecule has 364 valence electrons. The van der Waals surface area contributed by atoms with Gasteiger partial charge in [0, 0.05) is 75.4 Å². The zero-order valence-corrected chi connectivity index (χ0v) is 39.9. The minimum absolute atomic E-state index is 0.00124. The summed E-state index contributed by atoms with van der Waals surface area (Å²) in [5.41, 5.74) is 3.93. The molecule has 0 saturated carbocycles. The lowest BCUT2D eigenvalue weighted by atomic mass is 9.88. The van der Waals surface area contributed by atoms with E-state index in [-0.39, 0.29) is 67.4 Å². The molecule has 70 heavy (non-hydrogen) atoms. The van der Waals surface area contributed by atoms with E-state index in [1.807, 2.05) is 49.4 Å². The molecule has 8 rings (SSSR count). The molecule has 0 atom stereocenters. The maximum absolute atomic E-state index is 13.7. The second kappa shape index (κ2) is 21.6. The fraction of sp³-hybridized carbons (Fsp3) is 0.288. The highest BCUT2D eigenvalue weighted by atomic mass is 35.5. The van der Waals surface area contributed by atoms with E-state index >= 15 is 0 Å². The maximum Gasteiger partial charge on any atom is 0.433 e. The lowest BCUT2D eigenvalue weighted by Crippen LogP contribution is -2.40. The van der Waals surface area contributed by atoms with Crippen molar-refractivity contribution >= 4 is 33.7 Å². The third-order valence-electron chi connectivity index (χ3n) is 11.8. The van der Waals surface area contributed by atoms with Gasteiger partial charge in [0.2, 0.25) is 0 Å². The molecule has 3 aromatic carbocycles. The summed E-state index contributed by atoms with van der Waals surface area (Å²) in [6.07, 6.45) is 0.643. The fourth-order valence-corrected chi connectivity index (χ4v) is 8.42. The number of nitrogens with zero attached hydrogens (tertiary/aromatic N) is 7. The molecule has 0 spiro atoms. The van der Waals surface area contributed by atoms with Crippen LogP contribution < -0.4 is 27.2 Å². The largest absolute Gasteiger partial charge is 0.455 e. The molecule has 0 fully saturated rings. The number of aromatic nitrogens is 7. The lowest BCUT2D eigenvalue weighted by molar-refractivity contribution is -0.141. The normalized spacial score (nSPS) is 11.6. The minimum atomic E-state index is -4.58. The summed E-state index contributed by atoms with van der Waals surface area (Å²) in [5.74, 6) is 0.974. The van der Waals surface area contributed by atoms with Crippen molar-refractivity contribution in [3.63, 3.8) is 0 Å². The van der Waals surface area contributed by atoms with Crippen LogP contribution in [0.3, 0.4) is 0 Å². The number of ether oxygens (including phenoxy) is 1. The Balaban J connectivity index is 0.000000207. The molecule has 0 saturated heterocycles. The fourth-order valence-electron chi connectivity index (χ4n) is 8.29. The number of aryl methyl sites for hydroxylation is 3. The van der Waals surface area contributed by atoms with Crippen molar-refractivity contribution < 1.29 is 28.1 Å². The Morgan fingerprint density at radius 1 is 0.671 bits per heavy atom. The molecule has 14 nitrogen and oxygen atoms in total. The molecular formula is C52H51ClF3N7O7. The van der Waals surface area contributed by atoms with E-state index in [2.05, 4.69) is 40.9 Å². The third kappa shape index (κ3) is 10.8. The van der Waals surface area contributed by atoms with Crippen molar-refractivity contribution in [2.45, 2.75) is 71.6 Å². The number of alkyl halides is 3. The van der Waals surface area contributed by atoms with Gasteiger partial charge in [0.1, 0.15) is 28.5 Å². The number of fused-ring (bicyclic) bond motifs is 2. The average molecular weight is 978 g/mol. The van der Waals surface area contributed by atoms with Crippen LogP contribution >= 0.6 is 11.6 Å². The van der Waals surface area contributed by atoms with E-state index in [4.69, 9.17) is 16.3 Å². The highest BCUT2D eigenvalue weighted by molar-refractivity contribution is 6.30. The quantitative estimate of drug-likeness (QED) is 0.108. The van der Waals surface area contributed by atoms with Gasteiger partial charge in [-0.2, -0.15) is 13.2 Å². The smallest absolute Gasteiger partial charge is 0.433 e. The van der Waals surface area contributed by atoms with E-state index in [0.29, 0.717) is 45.8 Å². The zero-order chi connectivity index (χ0) is 50.4. The van der Waals surface area contributed by atoms with Crippen LogP contribution in [0.5, 0.6) is 11.5 Å². The molecule has 2 N–H and O–H groups in total. The number of pyridine rings is 3. The van der Waals surface area contributed by atoms with Crippen molar-refractivity contribution in [2.24, 2.45) is 14.1 Å². The number of halogens is 4. The molecule has 0 bridgehead atoms. The summed E-state index contributed by atoms with van der Waals surface area (Å²) in [5, 5.41) is 19.7. The second-order valence-corrected chi connectivity index (χ2v) is 17.5. The van der Waals surface area contributed by atoms with Gasteiger partial charge in [-0.3, -0.25) is 32.8 Å². The van der Waals surface area contributed by atoms with Gasteiger partial charge in [0.25, 0.3) is 11.1 Å². The van der Waals surface area contributed by atoms with E-state index in [0.717, 1.165) is 50.2 Å². The molecular weight excluding hydrogens is 927 g/mol. The lowest BCUT2D eigenvalue weighted by Gasteiger charge is -2.19. The first-order chi connectivity index (χ1) is 33.4. The third-order valence-corrected chi connectivity index (χ3v) is 12.1. The molecule has 5 heterocycles. The predicted octanol–water partition coefficient (Wildman–Crippen LogP) is 8.10. The van der Waals surface area contributed by atoms with Gasteiger partial charge in [-0.1, -0.05) is 80.0 Å². The first-order valence-electron chi connectivity index (χ1n) is 22.5. The van der Waals surface area contributed by atoms with Crippen molar-refractivity contribution in [1.82, 2.24) is 33.2 Å². The van der Waals surface area contributed by atoms with Crippen LogP contribution in [0.2, 0.25) is 5.02 Å². The van der Waals surface area contributed by atoms with Gasteiger partial charge in [-0.15, -0.1) is 0 Å². The summed E-state index contributed by atoms with van der Waals surface area (Å²) < 4.78 is 49.9. The standard InChI is InChI=1S/C27H28ClN3O3.C25H23F3N4O4/c1-17(2)20-7-4-5-8-21(20)23-16-29-25-24(22(23)15-18-9-11-19(28)12-10-18)26(33)31(13-6-14-32)27(34)30(25)3;1-15-5-3-6-17(11-15)36-19-14-30-22-21(23(34)32(9-4-10-33)24(35)31(22)2)18(19)12-16-7-8-20(29-13-16)25(26,27)28/h4-5,7-12,16-17,32H,6,13-15H2,1-3H3;3,5-8,11,13-14,33H,4,9-10,12H2,1-2H3. The number of benzene rings is 3. The Hall–Kier alpha value is -7.21. The number of hydrogen-bond donors (Lipinski definition) is 2. The number of aliphatic hydroxyl groups excluding tert-OH is 2. The van der Waals surface area contributed by atoms with Crippen molar-refractivity contribution in [3.8, 4) is 22.6 Å². The molecule has 0 aliphatic rings. The summed E-state index contributed by atoms with van der Waals surface area (Å²) >= 11 is 6.10. The molecule has 0 amide bonds. The second-order valence-electron chi connectivity index (χ2n) is 17.1. The molecule has 5 aromatic heterocycles. The highest BCUT2D eigenvalue weighted by Crippen LogP contribution is 2.35. The number of hydrogen-bond acceptors (Lipinski definition) is 10. The first-order valence-corrected chi connectivity index (χ1v) is 22.9.